The summed E-state index contributed by atoms with van der Waals surface area (Å²) in [5, 5.41) is -0.319. The Morgan fingerprint density at radius 2 is 2.03 bits per heavy atom. The first kappa shape index (κ1) is 22.9. The number of amides is 1. The van der Waals surface area contributed by atoms with Crippen LogP contribution in [0.3, 0.4) is 0 Å². The molecule has 0 saturated carbocycles. The van der Waals surface area contributed by atoms with Gasteiger partial charge in [0.1, 0.15) is 11.4 Å². The maximum atomic E-state index is 14.8. The molecule has 0 spiro atoms. The van der Waals surface area contributed by atoms with Crippen LogP contribution in [0.25, 0.3) is 16.7 Å². The molecule has 9 nitrogen and oxygen atoms in total. The molecule has 4 rings (SSSR count). The Balaban J connectivity index is 1.91. The first-order valence-electron chi connectivity index (χ1n) is 13.5. The van der Waals surface area contributed by atoms with Crippen LogP contribution in [0.1, 0.15) is 62.8 Å². The van der Waals surface area contributed by atoms with E-state index in [0.717, 1.165) is 10.6 Å². The molecule has 11 heteroatoms. The van der Waals surface area contributed by atoms with Crippen molar-refractivity contribution in [3.05, 3.63) is 51.0 Å². The zero-order valence-electron chi connectivity index (χ0n) is 24.7. The number of aryl methyl sites for hydroxylation is 1. The van der Waals surface area contributed by atoms with Crippen molar-refractivity contribution in [1.82, 2.24) is 24.4 Å². The van der Waals surface area contributed by atoms with Crippen LogP contribution in [0.5, 0.6) is 0 Å². The molecule has 1 saturated heterocycles. The van der Waals surface area contributed by atoms with E-state index < -0.39 is 35.2 Å². The monoisotopic (exact) mass is 533 g/mol. The minimum Gasteiger partial charge on any atom is -0.444 e. The van der Waals surface area contributed by atoms with Gasteiger partial charge < -0.3 is 14.5 Å². The third kappa shape index (κ3) is 5.25. The predicted octanol–water partition coefficient (Wildman–Crippen LogP) is 4.85. The van der Waals surface area contributed by atoms with Crippen molar-refractivity contribution in [2.75, 3.05) is 24.5 Å². The Kier molecular flexibility index (Phi) is 6.12. The molecule has 0 N–H and O–H groups in total. The first-order chi connectivity index (χ1) is 18.5. The van der Waals surface area contributed by atoms with Gasteiger partial charge in [-0.15, -0.1) is 0 Å². The molecule has 0 aliphatic carbocycles. The van der Waals surface area contributed by atoms with Crippen LogP contribution < -0.4 is 10.6 Å². The standard InChI is InChI=1S/C26H32ClFN6O3/c1-14(2)19-20(15(3)8-9-29-19)34-23-17(12-18(28)21(27)30-23)22(31-24(34)35)33-11-10-32(13-16(33)4)25(36)37-26(5,6)7/h8-9,12,14,16H,10-11,13H2,1-7H3/t16-/m0/s1/i3D3. The van der Waals surface area contributed by atoms with Gasteiger partial charge in [0.25, 0.3) is 0 Å². The Morgan fingerprint density at radius 3 is 2.65 bits per heavy atom. The fourth-order valence-electron chi connectivity index (χ4n) is 4.40. The van der Waals surface area contributed by atoms with Crippen molar-refractivity contribution in [3.63, 3.8) is 0 Å². The van der Waals surface area contributed by atoms with E-state index in [9.17, 15) is 14.0 Å². The van der Waals surface area contributed by atoms with Gasteiger partial charge in [0.15, 0.2) is 16.6 Å². The van der Waals surface area contributed by atoms with E-state index in [-0.39, 0.29) is 59.7 Å². The highest BCUT2D eigenvalue weighted by molar-refractivity contribution is 6.30. The van der Waals surface area contributed by atoms with E-state index in [1.807, 2.05) is 20.8 Å². The summed E-state index contributed by atoms with van der Waals surface area (Å²) in [4.78, 5) is 42.6. The third-order valence-corrected chi connectivity index (χ3v) is 6.30. The van der Waals surface area contributed by atoms with Crippen LogP contribution >= 0.6 is 11.6 Å². The number of hydrogen-bond donors (Lipinski definition) is 0. The van der Waals surface area contributed by atoms with E-state index in [0.29, 0.717) is 5.69 Å². The Morgan fingerprint density at radius 1 is 1.30 bits per heavy atom. The Hall–Kier alpha value is -3.27. The molecule has 0 radical (unpaired) electrons. The molecule has 0 bridgehead atoms. The minimum absolute atomic E-state index is 0.0181. The van der Waals surface area contributed by atoms with E-state index in [1.54, 1.807) is 30.6 Å². The number of fused-ring (bicyclic) bond motifs is 1. The molecular weight excluding hydrogens is 499 g/mol. The van der Waals surface area contributed by atoms with Gasteiger partial charge in [-0.1, -0.05) is 25.4 Å². The fourth-order valence-corrected chi connectivity index (χ4v) is 4.53. The molecule has 37 heavy (non-hydrogen) atoms. The molecule has 0 aromatic carbocycles. The molecular formula is C26H32ClFN6O3. The molecule has 3 aromatic heterocycles. The van der Waals surface area contributed by atoms with Crippen molar-refractivity contribution in [2.45, 2.75) is 66.0 Å². The highest BCUT2D eigenvalue weighted by Gasteiger charge is 2.32. The molecule has 198 valence electrons. The number of hydrogen-bond acceptors (Lipinski definition) is 7. The number of nitrogens with zero attached hydrogens (tertiary/aromatic N) is 6. The second-order valence-corrected chi connectivity index (χ2v) is 10.8. The van der Waals surface area contributed by atoms with Crippen molar-refractivity contribution >= 4 is 34.5 Å². The molecule has 1 fully saturated rings. The summed E-state index contributed by atoms with van der Waals surface area (Å²) in [6, 6.07) is 2.13. The average molecular weight is 534 g/mol. The molecule has 4 heterocycles. The number of carbonyl (C=O) groups is 1. The van der Waals surface area contributed by atoms with Gasteiger partial charge in [-0.25, -0.2) is 23.5 Å². The highest BCUT2D eigenvalue weighted by Crippen LogP contribution is 2.32. The SMILES string of the molecule is [2H]C([2H])([2H])c1ccnc(C(C)C)c1-n1c(=O)nc(N2CCN(C(=O)OC(C)(C)C)C[C@@H]2C)c2cc(F)c(Cl)nc21. The van der Waals surface area contributed by atoms with Crippen LogP contribution in [0.2, 0.25) is 5.15 Å². The number of halogens is 2. The number of anilines is 1. The molecule has 1 aliphatic rings. The van der Waals surface area contributed by atoms with Crippen LogP contribution in [-0.2, 0) is 4.74 Å². The van der Waals surface area contributed by atoms with Gasteiger partial charge in [-0.2, -0.15) is 4.98 Å². The van der Waals surface area contributed by atoms with E-state index in [2.05, 4.69) is 15.0 Å². The largest absolute Gasteiger partial charge is 0.444 e. The molecule has 3 aromatic rings. The maximum absolute atomic E-state index is 14.8. The lowest BCUT2D eigenvalue weighted by molar-refractivity contribution is 0.0218. The van der Waals surface area contributed by atoms with Crippen molar-refractivity contribution in [3.8, 4) is 5.69 Å². The van der Waals surface area contributed by atoms with Crippen LogP contribution in [0, 0.1) is 12.7 Å². The lowest BCUT2D eigenvalue weighted by atomic mass is 10.0. The van der Waals surface area contributed by atoms with Gasteiger partial charge in [0.05, 0.1) is 16.8 Å². The molecule has 1 atom stereocenters. The minimum atomic E-state index is -2.59. The summed E-state index contributed by atoms with van der Waals surface area (Å²) >= 11 is 6.08. The van der Waals surface area contributed by atoms with Gasteiger partial charge >= 0.3 is 11.8 Å². The number of carbonyl (C=O) groups excluding carboxylic acids is 1. The number of piperazine rings is 1. The van der Waals surface area contributed by atoms with Gasteiger partial charge in [0, 0.05) is 36.0 Å². The van der Waals surface area contributed by atoms with Crippen LogP contribution in [-0.4, -0.2) is 61.8 Å². The summed E-state index contributed by atoms with van der Waals surface area (Å²) < 4.78 is 45.7. The Bertz CT molecular complexity index is 1520. The zero-order chi connectivity index (χ0) is 29.7. The predicted molar refractivity (Wildman–Crippen MR) is 141 cm³/mol. The smallest absolute Gasteiger partial charge is 0.410 e. The zero-order valence-corrected chi connectivity index (χ0v) is 22.4. The van der Waals surface area contributed by atoms with Gasteiger partial charge in [0.2, 0.25) is 0 Å². The number of rotatable bonds is 3. The molecule has 1 aliphatic heterocycles. The van der Waals surface area contributed by atoms with Crippen molar-refractivity contribution in [1.29, 1.82) is 0 Å². The lowest BCUT2D eigenvalue weighted by Crippen LogP contribution is -2.55. The van der Waals surface area contributed by atoms with Crippen LogP contribution in [0.15, 0.2) is 23.1 Å². The van der Waals surface area contributed by atoms with E-state index in [1.165, 1.54) is 12.3 Å². The number of ether oxygens (including phenoxy) is 1. The van der Waals surface area contributed by atoms with Crippen molar-refractivity contribution in [2.24, 2.45) is 0 Å². The number of pyridine rings is 2. The summed E-state index contributed by atoms with van der Waals surface area (Å²) in [6.07, 6.45) is 0.920. The normalized spacial score (nSPS) is 18.1. The third-order valence-electron chi connectivity index (χ3n) is 6.03. The van der Waals surface area contributed by atoms with Gasteiger partial charge in [-0.3, -0.25) is 4.98 Å². The second-order valence-electron chi connectivity index (χ2n) is 10.4. The summed E-state index contributed by atoms with van der Waals surface area (Å²) in [5.41, 5.74) is -1.29. The molecule has 0 unspecified atom stereocenters. The van der Waals surface area contributed by atoms with Gasteiger partial charge in [-0.05, 0) is 58.2 Å². The van der Waals surface area contributed by atoms with Crippen molar-refractivity contribution < 1.29 is 18.0 Å². The fraction of sp³-hybridized carbons (Fsp3) is 0.500. The van der Waals surface area contributed by atoms with Crippen LogP contribution in [0.4, 0.5) is 15.0 Å². The second kappa shape index (κ2) is 9.89. The summed E-state index contributed by atoms with van der Waals surface area (Å²) in [7, 11) is 0. The summed E-state index contributed by atoms with van der Waals surface area (Å²) in [6.45, 7) is 9.06. The highest BCUT2D eigenvalue weighted by atomic mass is 35.5. The summed E-state index contributed by atoms with van der Waals surface area (Å²) in [5.74, 6) is -0.939. The van der Waals surface area contributed by atoms with E-state index in [4.69, 9.17) is 20.5 Å². The lowest BCUT2D eigenvalue weighted by Gasteiger charge is -2.41. The molecule has 1 amide bonds. The average Bonchev–Trinajstić information content (AvgIpc) is 2.83. The number of aromatic nitrogens is 4. The maximum Gasteiger partial charge on any atom is 0.410 e. The quantitative estimate of drug-likeness (QED) is 0.444. The van der Waals surface area contributed by atoms with E-state index >= 15 is 0 Å². The Labute approximate surface area is 224 Å². The first-order valence-corrected chi connectivity index (χ1v) is 12.4. The topological polar surface area (TPSA) is 93.5 Å².